The molecule has 3 aromatic carbocycles. The molecule has 0 aromatic heterocycles. The Hall–Kier alpha value is -3.46. The number of hydrogen-bond acceptors (Lipinski definition) is 4. The standard InChI is InChI=1S/C27H30FN3O4S/c1-18(2)29-27(33)19(3)30(17-20-12-14-22(28)15-13-20)25(32)11-6-16-31-23-9-4-7-21-8-5-10-24(26(21)23)36(31,34)35/h4-5,7-10,12-15,18-19H,6,11,16-17H2,1-3H3,(H,29,33). The second kappa shape index (κ2) is 10.3. The molecule has 1 atom stereocenters. The molecule has 0 bridgehead atoms. The highest BCUT2D eigenvalue weighted by molar-refractivity contribution is 7.93. The quantitative estimate of drug-likeness (QED) is 0.466. The van der Waals surface area contributed by atoms with E-state index in [0.717, 1.165) is 5.39 Å². The highest BCUT2D eigenvalue weighted by Crippen LogP contribution is 2.42. The zero-order chi connectivity index (χ0) is 26.0. The normalized spacial score (nSPS) is 14.8. The summed E-state index contributed by atoms with van der Waals surface area (Å²) in [4.78, 5) is 27.7. The summed E-state index contributed by atoms with van der Waals surface area (Å²) in [5.74, 6) is -0.951. The first-order chi connectivity index (χ1) is 17.1. The van der Waals surface area contributed by atoms with E-state index in [4.69, 9.17) is 0 Å². The highest BCUT2D eigenvalue weighted by Gasteiger charge is 2.35. The molecule has 0 spiro atoms. The molecule has 1 aliphatic heterocycles. The van der Waals surface area contributed by atoms with Gasteiger partial charge in [0.1, 0.15) is 11.9 Å². The zero-order valence-electron chi connectivity index (χ0n) is 20.6. The van der Waals surface area contributed by atoms with Crippen molar-refractivity contribution in [1.82, 2.24) is 10.2 Å². The van der Waals surface area contributed by atoms with Gasteiger partial charge in [0.25, 0.3) is 10.0 Å². The van der Waals surface area contributed by atoms with Gasteiger partial charge in [0.05, 0.1) is 10.6 Å². The Kier molecular flexibility index (Phi) is 7.31. The minimum Gasteiger partial charge on any atom is -0.352 e. The van der Waals surface area contributed by atoms with Crippen LogP contribution in [-0.2, 0) is 26.2 Å². The van der Waals surface area contributed by atoms with Crippen LogP contribution in [0.25, 0.3) is 10.8 Å². The molecule has 1 aliphatic rings. The van der Waals surface area contributed by atoms with Crippen LogP contribution in [0, 0.1) is 5.82 Å². The van der Waals surface area contributed by atoms with Gasteiger partial charge in [-0.15, -0.1) is 0 Å². The summed E-state index contributed by atoms with van der Waals surface area (Å²) < 4.78 is 41.1. The van der Waals surface area contributed by atoms with Crippen molar-refractivity contribution < 1.29 is 22.4 Å². The predicted octanol–water partition coefficient (Wildman–Crippen LogP) is 4.21. The van der Waals surface area contributed by atoms with Crippen molar-refractivity contribution in [2.24, 2.45) is 0 Å². The van der Waals surface area contributed by atoms with Gasteiger partial charge in [0, 0.05) is 30.9 Å². The maximum atomic E-state index is 13.4. The van der Waals surface area contributed by atoms with E-state index in [9.17, 15) is 22.4 Å². The average molecular weight is 512 g/mol. The summed E-state index contributed by atoms with van der Waals surface area (Å²) >= 11 is 0. The van der Waals surface area contributed by atoms with Crippen molar-refractivity contribution in [3.63, 3.8) is 0 Å². The summed E-state index contributed by atoms with van der Waals surface area (Å²) in [6.07, 6.45) is 0.333. The number of halogens is 1. The van der Waals surface area contributed by atoms with Crippen LogP contribution in [0.1, 0.15) is 39.2 Å². The van der Waals surface area contributed by atoms with Crippen molar-refractivity contribution in [2.75, 3.05) is 10.8 Å². The number of anilines is 1. The number of sulfonamides is 1. The van der Waals surface area contributed by atoms with Crippen LogP contribution in [0.5, 0.6) is 0 Å². The number of carbonyl (C=O) groups excluding carboxylic acids is 2. The molecule has 0 aliphatic carbocycles. The lowest BCUT2D eigenvalue weighted by atomic mass is 10.1. The first-order valence-electron chi connectivity index (χ1n) is 12.0. The van der Waals surface area contributed by atoms with Crippen LogP contribution in [0.3, 0.4) is 0 Å². The molecule has 9 heteroatoms. The van der Waals surface area contributed by atoms with Crippen LogP contribution >= 0.6 is 0 Å². The van der Waals surface area contributed by atoms with Gasteiger partial charge >= 0.3 is 0 Å². The summed E-state index contributed by atoms with van der Waals surface area (Å²) in [5.41, 5.74) is 1.31. The van der Waals surface area contributed by atoms with Gasteiger partial charge in [0.2, 0.25) is 11.8 Å². The van der Waals surface area contributed by atoms with E-state index >= 15 is 0 Å². The highest BCUT2D eigenvalue weighted by atomic mass is 32.2. The molecule has 0 saturated carbocycles. The van der Waals surface area contributed by atoms with Crippen LogP contribution in [0.2, 0.25) is 0 Å². The third-order valence-corrected chi connectivity index (χ3v) is 8.15. The van der Waals surface area contributed by atoms with Gasteiger partial charge in [-0.25, -0.2) is 12.8 Å². The van der Waals surface area contributed by atoms with E-state index in [-0.39, 0.29) is 54.5 Å². The molecule has 3 aromatic rings. The van der Waals surface area contributed by atoms with Crippen LogP contribution in [0.15, 0.2) is 65.6 Å². The van der Waals surface area contributed by atoms with Crippen LogP contribution in [-0.4, -0.2) is 43.8 Å². The Bertz CT molecular complexity index is 1380. The summed E-state index contributed by atoms with van der Waals surface area (Å²) in [5, 5.41) is 4.37. The number of nitrogens with zero attached hydrogens (tertiary/aromatic N) is 2. The maximum absolute atomic E-state index is 13.4. The van der Waals surface area contributed by atoms with Crippen molar-refractivity contribution in [2.45, 2.75) is 57.1 Å². The van der Waals surface area contributed by atoms with Gasteiger partial charge in [-0.1, -0.05) is 36.4 Å². The fraction of sp³-hybridized carbons (Fsp3) is 0.333. The topological polar surface area (TPSA) is 86.8 Å². The number of carbonyl (C=O) groups is 2. The van der Waals surface area contributed by atoms with Gasteiger partial charge < -0.3 is 10.2 Å². The largest absolute Gasteiger partial charge is 0.352 e. The van der Waals surface area contributed by atoms with E-state index in [1.54, 1.807) is 37.3 Å². The number of nitrogens with one attached hydrogen (secondary N) is 1. The number of hydrogen-bond donors (Lipinski definition) is 1. The lowest BCUT2D eigenvalue weighted by molar-refractivity contribution is -0.140. The van der Waals surface area contributed by atoms with Crippen LogP contribution < -0.4 is 9.62 Å². The van der Waals surface area contributed by atoms with E-state index in [2.05, 4.69) is 5.32 Å². The molecule has 36 heavy (non-hydrogen) atoms. The van der Waals surface area contributed by atoms with Gasteiger partial charge in [-0.3, -0.25) is 13.9 Å². The lowest BCUT2D eigenvalue weighted by Crippen LogP contribution is -2.49. The fourth-order valence-corrected chi connectivity index (χ4v) is 6.24. The van der Waals surface area contributed by atoms with Crippen molar-refractivity contribution in [3.8, 4) is 0 Å². The second-order valence-electron chi connectivity index (χ2n) is 9.30. The Morgan fingerprint density at radius 2 is 1.67 bits per heavy atom. The number of amides is 2. The Labute approximate surface area is 210 Å². The van der Waals surface area contributed by atoms with Crippen molar-refractivity contribution in [1.29, 1.82) is 0 Å². The van der Waals surface area contributed by atoms with E-state index in [1.807, 2.05) is 32.0 Å². The molecular formula is C27H30FN3O4S. The first-order valence-corrected chi connectivity index (χ1v) is 13.4. The average Bonchev–Trinajstić information content (AvgIpc) is 3.06. The minimum absolute atomic E-state index is 0.0544. The first kappa shape index (κ1) is 25.6. The monoisotopic (exact) mass is 511 g/mol. The smallest absolute Gasteiger partial charge is 0.265 e. The molecule has 0 saturated heterocycles. The van der Waals surface area contributed by atoms with Gasteiger partial charge in [0.15, 0.2) is 0 Å². The third-order valence-electron chi connectivity index (χ3n) is 6.30. The van der Waals surface area contributed by atoms with Gasteiger partial charge in [-0.2, -0.15) is 0 Å². The molecule has 190 valence electrons. The maximum Gasteiger partial charge on any atom is 0.265 e. The zero-order valence-corrected chi connectivity index (χ0v) is 21.4. The molecule has 1 unspecified atom stereocenters. The fourth-order valence-electron chi connectivity index (χ4n) is 4.49. The molecule has 1 heterocycles. The molecule has 2 amide bonds. The Morgan fingerprint density at radius 3 is 2.33 bits per heavy atom. The van der Waals surface area contributed by atoms with E-state index in [1.165, 1.54) is 21.3 Å². The Morgan fingerprint density at radius 1 is 1.00 bits per heavy atom. The predicted molar refractivity (Wildman–Crippen MR) is 137 cm³/mol. The molecule has 7 nitrogen and oxygen atoms in total. The van der Waals surface area contributed by atoms with Crippen molar-refractivity contribution >= 4 is 38.3 Å². The molecule has 0 fully saturated rings. The van der Waals surface area contributed by atoms with Gasteiger partial charge in [-0.05, 0) is 62.4 Å². The summed E-state index contributed by atoms with van der Waals surface area (Å²) in [6.45, 7) is 5.61. The number of benzene rings is 3. The number of rotatable bonds is 9. The van der Waals surface area contributed by atoms with Crippen LogP contribution in [0.4, 0.5) is 10.1 Å². The SMILES string of the molecule is CC(C)NC(=O)C(C)N(Cc1ccc(F)cc1)C(=O)CCCN1c2cccc3cccc(c23)S1(=O)=O. The lowest BCUT2D eigenvalue weighted by Gasteiger charge is -2.29. The molecule has 4 rings (SSSR count). The minimum atomic E-state index is -3.70. The molecule has 0 radical (unpaired) electrons. The summed E-state index contributed by atoms with van der Waals surface area (Å²) in [7, 11) is -3.70. The Balaban J connectivity index is 1.49. The van der Waals surface area contributed by atoms with E-state index in [0.29, 0.717) is 16.6 Å². The van der Waals surface area contributed by atoms with Crippen molar-refractivity contribution in [3.05, 3.63) is 72.0 Å². The summed E-state index contributed by atoms with van der Waals surface area (Å²) in [6, 6.07) is 15.6. The second-order valence-corrected chi connectivity index (χ2v) is 11.1. The third kappa shape index (κ3) is 5.06. The molecule has 1 N–H and O–H groups in total. The molecular weight excluding hydrogens is 481 g/mol. The van der Waals surface area contributed by atoms with E-state index < -0.39 is 16.1 Å².